The number of rotatable bonds is 9. The fourth-order valence-corrected chi connectivity index (χ4v) is 3.38. The van der Waals surface area contributed by atoms with Crippen LogP contribution in [0.1, 0.15) is 12.0 Å². The molecule has 1 N–H and O–H groups in total. The number of amides is 1. The summed E-state index contributed by atoms with van der Waals surface area (Å²) in [6, 6.07) is 16.8. The standard InChI is InChI=1S/C19H24N2O4S/c1-25-18-13-7-6-12-17(18)20-19(22)15-21(26(2,23)24)14-8-11-16-9-4-3-5-10-16/h3-7,9-10,12-13H,8,11,14-15H2,1-2H3,(H,20,22). The number of hydrogen-bond donors (Lipinski definition) is 1. The van der Waals surface area contributed by atoms with E-state index >= 15 is 0 Å². The van der Waals surface area contributed by atoms with Crippen molar-refractivity contribution in [3.05, 3.63) is 60.2 Å². The van der Waals surface area contributed by atoms with Crippen molar-refractivity contribution in [3.8, 4) is 5.75 Å². The summed E-state index contributed by atoms with van der Waals surface area (Å²) in [5.41, 5.74) is 1.65. The van der Waals surface area contributed by atoms with E-state index in [0.717, 1.165) is 18.2 Å². The van der Waals surface area contributed by atoms with Crippen LogP contribution in [0.25, 0.3) is 0 Å². The van der Waals surface area contributed by atoms with Gasteiger partial charge in [-0.25, -0.2) is 8.42 Å². The smallest absolute Gasteiger partial charge is 0.239 e. The summed E-state index contributed by atoms with van der Waals surface area (Å²) in [4.78, 5) is 12.3. The Hall–Kier alpha value is -2.38. The molecule has 0 unspecified atom stereocenters. The second-order valence-corrected chi connectivity index (χ2v) is 7.92. The third-order valence-corrected chi connectivity index (χ3v) is 5.14. The molecular formula is C19H24N2O4S. The fourth-order valence-electron chi connectivity index (χ4n) is 2.56. The van der Waals surface area contributed by atoms with Gasteiger partial charge in [0.1, 0.15) is 5.75 Å². The molecule has 6 nitrogen and oxygen atoms in total. The van der Waals surface area contributed by atoms with Gasteiger partial charge < -0.3 is 10.1 Å². The Labute approximate surface area is 154 Å². The van der Waals surface area contributed by atoms with Gasteiger partial charge in [0.2, 0.25) is 15.9 Å². The van der Waals surface area contributed by atoms with Crippen LogP contribution < -0.4 is 10.1 Å². The Morgan fingerprint density at radius 3 is 2.38 bits per heavy atom. The zero-order valence-electron chi connectivity index (χ0n) is 15.0. The monoisotopic (exact) mass is 376 g/mol. The number of ether oxygens (including phenoxy) is 1. The summed E-state index contributed by atoms with van der Waals surface area (Å²) in [7, 11) is -1.97. The van der Waals surface area contributed by atoms with Crippen LogP contribution in [0.4, 0.5) is 5.69 Å². The maximum Gasteiger partial charge on any atom is 0.239 e. The first-order valence-electron chi connectivity index (χ1n) is 8.32. The highest BCUT2D eigenvalue weighted by Gasteiger charge is 2.20. The number of nitrogens with zero attached hydrogens (tertiary/aromatic N) is 1. The molecule has 2 aromatic carbocycles. The van der Waals surface area contributed by atoms with E-state index < -0.39 is 15.9 Å². The van der Waals surface area contributed by atoms with Gasteiger partial charge in [0.25, 0.3) is 0 Å². The van der Waals surface area contributed by atoms with Crippen LogP contribution in [0.3, 0.4) is 0 Å². The van der Waals surface area contributed by atoms with Crippen molar-refractivity contribution in [2.75, 3.05) is 31.8 Å². The molecule has 0 atom stereocenters. The van der Waals surface area contributed by atoms with Gasteiger partial charge in [0.15, 0.2) is 0 Å². The first-order chi connectivity index (χ1) is 12.4. The van der Waals surface area contributed by atoms with Gasteiger partial charge in [-0.05, 0) is 30.5 Å². The molecule has 2 rings (SSSR count). The molecule has 0 saturated heterocycles. The number of sulfonamides is 1. The summed E-state index contributed by atoms with van der Waals surface area (Å²) in [6.07, 6.45) is 2.51. The Morgan fingerprint density at radius 2 is 1.73 bits per heavy atom. The minimum atomic E-state index is -3.48. The Kier molecular flexibility index (Phi) is 7.17. The highest BCUT2D eigenvalue weighted by molar-refractivity contribution is 7.88. The number of nitrogens with one attached hydrogen (secondary N) is 1. The lowest BCUT2D eigenvalue weighted by Gasteiger charge is -2.20. The van der Waals surface area contributed by atoms with E-state index in [0.29, 0.717) is 17.9 Å². The van der Waals surface area contributed by atoms with Crippen molar-refractivity contribution in [2.45, 2.75) is 12.8 Å². The molecule has 0 aliphatic heterocycles. The van der Waals surface area contributed by atoms with Gasteiger partial charge in [-0.2, -0.15) is 4.31 Å². The van der Waals surface area contributed by atoms with Crippen molar-refractivity contribution in [1.82, 2.24) is 4.31 Å². The molecule has 7 heteroatoms. The van der Waals surface area contributed by atoms with Crippen LogP contribution in [0.2, 0.25) is 0 Å². The van der Waals surface area contributed by atoms with Crippen molar-refractivity contribution in [2.24, 2.45) is 0 Å². The Bertz CT molecular complexity index is 822. The fraction of sp³-hybridized carbons (Fsp3) is 0.316. The van der Waals surface area contributed by atoms with E-state index in [1.54, 1.807) is 24.3 Å². The molecule has 0 fully saturated rings. The molecule has 0 bridgehead atoms. The van der Waals surface area contributed by atoms with E-state index in [4.69, 9.17) is 4.74 Å². The topological polar surface area (TPSA) is 75.7 Å². The number of anilines is 1. The van der Waals surface area contributed by atoms with Gasteiger partial charge in [-0.1, -0.05) is 42.5 Å². The molecule has 1 amide bonds. The van der Waals surface area contributed by atoms with Crippen LogP contribution in [-0.4, -0.2) is 45.1 Å². The van der Waals surface area contributed by atoms with E-state index in [-0.39, 0.29) is 13.1 Å². The number of carbonyl (C=O) groups is 1. The predicted octanol–water partition coefficient (Wildman–Crippen LogP) is 2.53. The SMILES string of the molecule is COc1ccccc1NC(=O)CN(CCCc1ccccc1)S(C)(=O)=O. The molecule has 0 spiro atoms. The van der Waals surface area contributed by atoms with E-state index in [1.165, 1.54) is 11.4 Å². The quantitative estimate of drug-likeness (QED) is 0.730. The summed E-state index contributed by atoms with van der Waals surface area (Å²) in [5.74, 6) is 0.121. The third kappa shape index (κ3) is 6.16. The Morgan fingerprint density at radius 1 is 1.08 bits per heavy atom. The average Bonchev–Trinajstić information content (AvgIpc) is 2.61. The van der Waals surface area contributed by atoms with Gasteiger partial charge >= 0.3 is 0 Å². The van der Waals surface area contributed by atoms with Gasteiger partial charge in [0, 0.05) is 6.54 Å². The van der Waals surface area contributed by atoms with Crippen LogP contribution in [0.15, 0.2) is 54.6 Å². The van der Waals surface area contributed by atoms with Crippen molar-refractivity contribution in [1.29, 1.82) is 0 Å². The lowest BCUT2D eigenvalue weighted by atomic mass is 10.1. The van der Waals surface area contributed by atoms with Crippen molar-refractivity contribution >= 4 is 21.6 Å². The normalized spacial score (nSPS) is 11.3. The van der Waals surface area contributed by atoms with E-state index in [9.17, 15) is 13.2 Å². The zero-order chi connectivity index (χ0) is 19.0. The molecule has 140 valence electrons. The lowest BCUT2D eigenvalue weighted by molar-refractivity contribution is -0.116. The van der Waals surface area contributed by atoms with E-state index in [1.807, 2.05) is 30.3 Å². The van der Waals surface area contributed by atoms with Crippen LogP contribution in [-0.2, 0) is 21.2 Å². The summed E-state index contributed by atoms with van der Waals surface area (Å²) >= 11 is 0. The molecule has 0 saturated carbocycles. The van der Waals surface area contributed by atoms with Crippen molar-refractivity contribution in [3.63, 3.8) is 0 Å². The molecule has 26 heavy (non-hydrogen) atoms. The number of hydrogen-bond acceptors (Lipinski definition) is 4. The number of benzene rings is 2. The molecule has 0 radical (unpaired) electrons. The van der Waals surface area contributed by atoms with E-state index in [2.05, 4.69) is 5.32 Å². The average molecular weight is 376 g/mol. The molecule has 0 aliphatic rings. The van der Waals surface area contributed by atoms with Gasteiger partial charge in [-0.15, -0.1) is 0 Å². The molecule has 2 aromatic rings. The maximum atomic E-state index is 12.3. The zero-order valence-corrected chi connectivity index (χ0v) is 15.8. The first kappa shape index (κ1) is 19.9. The van der Waals surface area contributed by atoms with Crippen LogP contribution in [0, 0.1) is 0 Å². The lowest BCUT2D eigenvalue weighted by Crippen LogP contribution is -2.38. The number of aryl methyl sites for hydroxylation is 1. The highest BCUT2D eigenvalue weighted by atomic mass is 32.2. The summed E-state index contributed by atoms with van der Waals surface area (Å²) in [5, 5.41) is 2.70. The first-order valence-corrected chi connectivity index (χ1v) is 10.2. The third-order valence-electron chi connectivity index (χ3n) is 3.89. The Balaban J connectivity index is 1.95. The minimum Gasteiger partial charge on any atom is -0.495 e. The predicted molar refractivity (Wildman–Crippen MR) is 103 cm³/mol. The second-order valence-electron chi connectivity index (χ2n) is 5.93. The van der Waals surface area contributed by atoms with Gasteiger partial charge in [0.05, 0.1) is 25.6 Å². The minimum absolute atomic E-state index is 0.230. The summed E-state index contributed by atoms with van der Waals surface area (Å²) in [6.45, 7) is 0.0543. The second kappa shape index (κ2) is 9.35. The van der Waals surface area contributed by atoms with Gasteiger partial charge in [-0.3, -0.25) is 4.79 Å². The molecule has 0 aliphatic carbocycles. The number of para-hydroxylation sites is 2. The maximum absolute atomic E-state index is 12.3. The van der Waals surface area contributed by atoms with Crippen LogP contribution in [0.5, 0.6) is 5.75 Å². The summed E-state index contributed by atoms with van der Waals surface area (Å²) < 4.78 is 30.4. The molecular weight excluding hydrogens is 352 g/mol. The number of carbonyl (C=O) groups excluding carboxylic acids is 1. The number of methoxy groups -OCH3 is 1. The highest BCUT2D eigenvalue weighted by Crippen LogP contribution is 2.22. The largest absolute Gasteiger partial charge is 0.495 e. The molecule has 0 heterocycles. The molecule has 0 aromatic heterocycles. The van der Waals surface area contributed by atoms with Crippen LogP contribution >= 0.6 is 0 Å². The van der Waals surface area contributed by atoms with Crippen molar-refractivity contribution < 1.29 is 17.9 Å².